The van der Waals surface area contributed by atoms with E-state index in [-0.39, 0.29) is 6.42 Å². The number of aliphatic hydroxyl groups excluding tert-OH is 1. The van der Waals surface area contributed by atoms with Crippen LogP contribution < -0.4 is 10.5 Å². The first kappa shape index (κ1) is 22.0. The number of hydrogen-bond donors (Lipinski definition) is 3. The maximum Gasteiger partial charge on any atom is 0.307 e. The summed E-state index contributed by atoms with van der Waals surface area (Å²) in [7, 11) is 1.00. The monoisotopic (exact) mass is 420 g/mol. The second-order valence-electron chi connectivity index (χ2n) is 6.69. The molecule has 0 atom stereocenters. The first-order chi connectivity index (χ1) is 15.1. The van der Waals surface area contributed by atoms with E-state index in [1.54, 1.807) is 30.7 Å². The number of carboxylic acid groups (broad SMARTS) is 1. The molecule has 0 radical (unpaired) electrons. The lowest BCUT2D eigenvalue weighted by molar-refractivity contribution is -0.136. The molecule has 4 N–H and O–H groups in total. The van der Waals surface area contributed by atoms with Crippen molar-refractivity contribution in [3.63, 3.8) is 0 Å². The summed E-state index contributed by atoms with van der Waals surface area (Å²) in [5, 5.41) is 17.1. The number of benzene rings is 2. The number of aromatic nitrogens is 1. The van der Waals surface area contributed by atoms with E-state index >= 15 is 0 Å². The molecule has 7 nitrogen and oxygen atoms in total. The molecule has 0 aliphatic carbocycles. The van der Waals surface area contributed by atoms with Gasteiger partial charge in [-0.25, -0.2) is 0 Å². The van der Waals surface area contributed by atoms with E-state index < -0.39 is 5.97 Å². The minimum Gasteiger partial charge on any atom is -0.489 e. The van der Waals surface area contributed by atoms with Crippen LogP contribution in [0.15, 0.2) is 71.5 Å². The van der Waals surface area contributed by atoms with E-state index in [2.05, 4.69) is 4.98 Å². The number of nitrogens with zero attached hydrogens (tertiary/aromatic N) is 1. The maximum absolute atomic E-state index is 11.1. The lowest BCUT2D eigenvalue weighted by Crippen LogP contribution is -2.04. The second-order valence-corrected chi connectivity index (χ2v) is 6.69. The van der Waals surface area contributed by atoms with Crippen molar-refractivity contribution in [2.24, 2.45) is 5.73 Å². The third-order valence-corrected chi connectivity index (χ3v) is 4.66. The topological polar surface area (TPSA) is 119 Å². The Morgan fingerprint density at radius 1 is 1.13 bits per heavy atom. The number of aliphatic hydroxyl groups is 1. The molecular weight excluding hydrogens is 396 g/mol. The molecule has 0 aliphatic heterocycles. The third-order valence-electron chi connectivity index (χ3n) is 4.66. The van der Waals surface area contributed by atoms with Crippen LogP contribution in [0.1, 0.15) is 16.8 Å². The van der Waals surface area contributed by atoms with Gasteiger partial charge >= 0.3 is 5.97 Å². The van der Waals surface area contributed by atoms with E-state index in [1.807, 2.05) is 36.4 Å². The van der Waals surface area contributed by atoms with Crippen molar-refractivity contribution in [2.45, 2.75) is 19.6 Å². The molecule has 4 aromatic rings. The Bertz CT molecular complexity index is 1170. The Hall–Kier alpha value is -3.68. The fourth-order valence-corrected chi connectivity index (χ4v) is 3.31. The summed E-state index contributed by atoms with van der Waals surface area (Å²) in [5.74, 6) is -0.324. The zero-order chi connectivity index (χ0) is 22.2. The molecule has 160 valence electrons. The fourth-order valence-electron chi connectivity index (χ4n) is 3.31. The molecule has 0 spiro atoms. The average molecular weight is 420 g/mol. The van der Waals surface area contributed by atoms with Gasteiger partial charge in [-0.2, -0.15) is 0 Å². The first-order valence-corrected chi connectivity index (χ1v) is 9.67. The Morgan fingerprint density at radius 3 is 2.71 bits per heavy atom. The molecular formula is C24H24N2O5. The van der Waals surface area contributed by atoms with Crippen molar-refractivity contribution in [3.8, 4) is 16.9 Å². The molecule has 31 heavy (non-hydrogen) atoms. The number of rotatable bonds is 7. The van der Waals surface area contributed by atoms with Gasteiger partial charge < -0.3 is 25.1 Å². The van der Waals surface area contributed by atoms with Gasteiger partial charge in [-0.3, -0.25) is 9.78 Å². The lowest BCUT2D eigenvalue weighted by atomic mass is 10.0. The first-order valence-electron chi connectivity index (χ1n) is 9.67. The maximum atomic E-state index is 11.1. The van der Waals surface area contributed by atoms with E-state index in [1.165, 1.54) is 0 Å². The number of fused-ring (bicyclic) bond motifs is 1. The van der Waals surface area contributed by atoms with Crippen LogP contribution in [0.25, 0.3) is 22.1 Å². The van der Waals surface area contributed by atoms with Crippen molar-refractivity contribution < 1.29 is 24.2 Å². The minimum absolute atomic E-state index is 0.0823. The molecule has 2 aromatic carbocycles. The summed E-state index contributed by atoms with van der Waals surface area (Å²) < 4.78 is 11.7. The molecule has 0 saturated heterocycles. The van der Waals surface area contributed by atoms with Gasteiger partial charge in [-0.15, -0.1) is 0 Å². The van der Waals surface area contributed by atoms with Crippen LogP contribution in [0.5, 0.6) is 5.75 Å². The predicted molar refractivity (Wildman–Crippen MR) is 118 cm³/mol. The molecule has 4 rings (SSSR count). The number of ether oxygens (including phenoxy) is 1. The van der Waals surface area contributed by atoms with Crippen molar-refractivity contribution in [1.29, 1.82) is 0 Å². The van der Waals surface area contributed by atoms with Gasteiger partial charge in [0.2, 0.25) is 0 Å². The number of hydrogen-bond acceptors (Lipinski definition) is 6. The van der Waals surface area contributed by atoms with Crippen LogP contribution in [0.4, 0.5) is 0 Å². The van der Waals surface area contributed by atoms with E-state index in [9.17, 15) is 4.79 Å². The molecule has 0 aliphatic rings. The molecule has 0 amide bonds. The van der Waals surface area contributed by atoms with Crippen LogP contribution in [-0.2, 0) is 24.4 Å². The third kappa shape index (κ3) is 5.28. The van der Waals surface area contributed by atoms with E-state index in [4.69, 9.17) is 25.1 Å². The molecule has 0 bridgehead atoms. The number of pyridine rings is 1. The molecule has 0 fully saturated rings. The molecule has 0 saturated carbocycles. The fraction of sp³-hybridized carbons (Fsp3) is 0.167. The van der Waals surface area contributed by atoms with Crippen molar-refractivity contribution in [1.82, 2.24) is 4.98 Å². The van der Waals surface area contributed by atoms with Crippen molar-refractivity contribution in [3.05, 3.63) is 83.9 Å². The van der Waals surface area contributed by atoms with Crippen LogP contribution in [0, 0.1) is 0 Å². The summed E-state index contributed by atoms with van der Waals surface area (Å²) in [6.07, 6.45) is 3.31. The Kier molecular flexibility index (Phi) is 7.37. The smallest absolute Gasteiger partial charge is 0.307 e. The van der Waals surface area contributed by atoms with Crippen LogP contribution in [0.2, 0.25) is 0 Å². The molecule has 2 heterocycles. The van der Waals surface area contributed by atoms with Gasteiger partial charge in [0.25, 0.3) is 0 Å². The van der Waals surface area contributed by atoms with Gasteiger partial charge in [0.1, 0.15) is 17.9 Å². The van der Waals surface area contributed by atoms with E-state index in [0.717, 1.165) is 40.5 Å². The highest BCUT2D eigenvalue weighted by Gasteiger charge is 2.12. The average Bonchev–Trinajstić information content (AvgIpc) is 3.27. The number of carbonyl (C=O) groups is 1. The molecule has 2 aromatic heterocycles. The zero-order valence-electron chi connectivity index (χ0n) is 17.1. The van der Waals surface area contributed by atoms with Gasteiger partial charge in [-0.05, 0) is 47.5 Å². The van der Waals surface area contributed by atoms with Gasteiger partial charge in [0.05, 0.1) is 18.4 Å². The van der Waals surface area contributed by atoms with Crippen LogP contribution in [-0.4, -0.2) is 28.3 Å². The van der Waals surface area contributed by atoms with Gasteiger partial charge in [0, 0.05) is 36.4 Å². The Labute approximate surface area is 179 Å². The lowest BCUT2D eigenvalue weighted by Gasteiger charge is -2.12. The van der Waals surface area contributed by atoms with Crippen molar-refractivity contribution in [2.75, 3.05) is 7.11 Å². The minimum atomic E-state index is -0.892. The summed E-state index contributed by atoms with van der Waals surface area (Å²) in [5.41, 5.74) is 10.8. The van der Waals surface area contributed by atoms with Crippen LogP contribution >= 0.6 is 0 Å². The highest BCUT2D eigenvalue weighted by Crippen LogP contribution is 2.32. The summed E-state index contributed by atoms with van der Waals surface area (Å²) >= 11 is 0. The Balaban J connectivity index is 0.00000132. The normalized spacial score (nSPS) is 10.4. The Morgan fingerprint density at radius 2 is 1.94 bits per heavy atom. The second kappa shape index (κ2) is 10.4. The van der Waals surface area contributed by atoms with Crippen molar-refractivity contribution >= 4 is 16.9 Å². The number of furan rings is 1. The van der Waals surface area contributed by atoms with Gasteiger partial charge in [-0.1, -0.05) is 18.2 Å². The summed E-state index contributed by atoms with van der Waals surface area (Å²) in [6.45, 7) is 0.665. The number of nitrogens with two attached hydrogens (primary N) is 1. The van der Waals surface area contributed by atoms with E-state index in [0.29, 0.717) is 24.5 Å². The van der Waals surface area contributed by atoms with Crippen LogP contribution in [0.3, 0.4) is 0 Å². The standard InChI is InChI=1S/C23H20N2O4.CH4O/c24-13-19-11-16(5-7-25-19)20-10-15(9-18-6-8-28-23(18)20)14-29-21-4-2-1-3-17(21)12-22(26)27;1-2/h1-11H,12-14,24H2,(H,26,27);2H,1H3. The molecule has 7 heteroatoms. The summed E-state index contributed by atoms with van der Waals surface area (Å²) in [4.78, 5) is 15.3. The largest absolute Gasteiger partial charge is 0.489 e. The highest BCUT2D eigenvalue weighted by atomic mass is 16.5. The number of aliphatic carboxylic acids is 1. The number of para-hydroxylation sites is 1. The SMILES string of the molecule is CO.NCc1cc(-c2cc(COc3ccccc3CC(=O)O)cc3ccoc23)ccn1. The predicted octanol–water partition coefficient (Wildman–Crippen LogP) is 3.77. The summed E-state index contributed by atoms with van der Waals surface area (Å²) in [6, 6.07) is 17.0. The molecule has 0 unspecified atom stereocenters. The zero-order valence-corrected chi connectivity index (χ0v) is 17.1. The quantitative estimate of drug-likeness (QED) is 0.416. The highest BCUT2D eigenvalue weighted by molar-refractivity contribution is 5.93. The number of carboxylic acids is 1. The van der Waals surface area contributed by atoms with Gasteiger partial charge in [0.15, 0.2) is 0 Å².